The van der Waals surface area contributed by atoms with Crippen LogP contribution in [0.15, 0.2) is 71.6 Å². The second-order valence-electron chi connectivity index (χ2n) is 10.00. The van der Waals surface area contributed by atoms with Crippen LogP contribution in [0.1, 0.15) is 71.2 Å². The molecule has 2 aliphatic rings. The lowest BCUT2D eigenvalue weighted by Crippen LogP contribution is -2.29. The average Bonchev–Trinajstić information content (AvgIpc) is 3.38. The standard InChI is InChI=1S/C29H30N2O5S/c1-17(2)28(33)20-9-7-19(8-10-20)27-24-13-14-36-29(24)25-16-23(11-12-26(25)30-27)37(34,35)31-22-6-4-5-21(15-22)18(3)32/h4-12,15-17,24,27,29-31H,13-14H2,1-3H3. The molecule has 0 aromatic heterocycles. The van der Waals surface area contributed by atoms with Crippen LogP contribution in [0.5, 0.6) is 0 Å². The van der Waals surface area contributed by atoms with Crippen LogP contribution < -0.4 is 10.0 Å². The van der Waals surface area contributed by atoms with E-state index in [-0.39, 0.29) is 40.4 Å². The quantitative estimate of drug-likeness (QED) is 0.385. The van der Waals surface area contributed by atoms with Crippen LogP contribution in [0.25, 0.3) is 0 Å². The summed E-state index contributed by atoms with van der Waals surface area (Å²) in [6.45, 7) is 5.81. The van der Waals surface area contributed by atoms with Gasteiger partial charge in [-0.2, -0.15) is 0 Å². The number of anilines is 2. The van der Waals surface area contributed by atoms with Crippen LogP contribution in [0.4, 0.5) is 11.4 Å². The molecule has 2 heterocycles. The largest absolute Gasteiger partial charge is 0.378 e. The van der Waals surface area contributed by atoms with Gasteiger partial charge in [-0.25, -0.2) is 8.42 Å². The fourth-order valence-electron chi connectivity index (χ4n) is 5.15. The molecule has 3 aromatic carbocycles. The van der Waals surface area contributed by atoms with Crippen molar-refractivity contribution in [2.75, 3.05) is 16.6 Å². The summed E-state index contributed by atoms with van der Waals surface area (Å²) in [5.41, 5.74) is 4.17. The Balaban J connectivity index is 1.42. The number of ether oxygens (including phenoxy) is 1. The predicted octanol–water partition coefficient (Wildman–Crippen LogP) is 5.77. The van der Waals surface area contributed by atoms with Gasteiger partial charge in [0.25, 0.3) is 10.0 Å². The molecule has 0 aliphatic carbocycles. The van der Waals surface area contributed by atoms with Crippen molar-refractivity contribution in [1.29, 1.82) is 0 Å². The summed E-state index contributed by atoms with van der Waals surface area (Å²) >= 11 is 0. The van der Waals surface area contributed by atoms with Gasteiger partial charge < -0.3 is 10.1 Å². The van der Waals surface area contributed by atoms with Crippen molar-refractivity contribution < 1.29 is 22.7 Å². The summed E-state index contributed by atoms with van der Waals surface area (Å²) in [5, 5.41) is 3.59. The molecule has 3 aromatic rings. The lowest BCUT2D eigenvalue weighted by molar-refractivity contribution is 0.0827. The fraction of sp³-hybridized carbons (Fsp3) is 0.310. The number of sulfonamides is 1. The Morgan fingerprint density at radius 1 is 1.00 bits per heavy atom. The molecule has 0 amide bonds. The minimum absolute atomic E-state index is 0.0156. The van der Waals surface area contributed by atoms with Crippen LogP contribution in [-0.4, -0.2) is 26.6 Å². The first-order valence-corrected chi connectivity index (χ1v) is 13.9. The second-order valence-corrected chi connectivity index (χ2v) is 11.7. The van der Waals surface area contributed by atoms with E-state index in [1.165, 1.54) is 13.0 Å². The van der Waals surface area contributed by atoms with Crippen LogP contribution in [-0.2, 0) is 14.8 Å². The molecule has 37 heavy (non-hydrogen) atoms. The lowest BCUT2D eigenvalue weighted by Gasteiger charge is -2.36. The number of ketones is 2. The smallest absolute Gasteiger partial charge is 0.261 e. The molecule has 0 saturated carbocycles. The van der Waals surface area contributed by atoms with E-state index in [0.29, 0.717) is 23.4 Å². The number of carbonyl (C=O) groups excluding carboxylic acids is 2. The van der Waals surface area contributed by atoms with Gasteiger partial charge in [-0.05, 0) is 49.2 Å². The molecule has 1 fully saturated rings. The van der Waals surface area contributed by atoms with E-state index in [0.717, 1.165) is 23.2 Å². The van der Waals surface area contributed by atoms with E-state index in [2.05, 4.69) is 10.0 Å². The van der Waals surface area contributed by atoms with E-state index < -0.39 is 10.0 Å². The zero-order chi connectivity index (χ0) is 26.3. The highest BCUT2D eigenvalue weighted by Gasteiger charge is 2.42. The number of carbonyl (C=O) groups is 2. The molecule has 1 saturated heterocycles. The Kier molecular flexibility index (Phi) is 6.64. The van der Waals surface area contributed by atoms with Gasteiger partial charge in [-0.1, -0.05) is 50.2 Å². The first-order chi connectivity index (χ1) is 17.6. The number of fused-ring (bicyclic) bond motifs is 3. The van der Waals surface area contributed by atoms with E-state index in [9.17, 15) is 18.0 Å². The predicted molar refractivity (Wildman–Crippen MR) is 142 cm³/mol. The summed E-state index contributed by atoms with van der Waals surface area (Å²) in [4.78, 5) is 24.2. The normalized spacial score (nSPS) is 20.6. The third kappa shape index (κ3) is 4.91. The summed E-state index contributed by atoms with van der Waals surface area (Å²) in [5.74, 6) is 0.0421. The zero-order valence-corrected chi connectivity index (χ0v) is 21.8. The lowest BCUT2D eigenvalue weighted by atomic mass is 9.81. The van der Waals surface area contributed by atoms with E-state index >= 15 is 0 Å². The summed E-state index contributed by atoms with van der Waals surface area (Å²) < 4.78 is 35.1. The number of hydrogen-bond donors (Lipinski definition) is 2. The average molecular weight is 519 g/mol. The summed E-state index contributed by atoms with van der Waals surface area (Å²) in [7, 11) is -3.88. The molecule has 3 atom stereocenters. The highest BCUT2D eigenvalue weighted by molar-refractivity contribution is 7.92. The van der Waals surface area contributed by atoms with E-state index in [4.69, 9.17) is 4.74 Å². The number of nitrogens with one attached hydrogen (secondary N) is 2. The minimum Gasteiger partial charge on any atom is -0.378 e. The first kappa shape index (κ1) is 25.2. The van der Waals surface area contributed by atoms with E-state index in [1.807, 2.05) is 38.1 Å². The van der Waals surface area contributed by atoms with E-state index in [1.54, 1.807) is 36.4 Å². The Labute approximate surface area is 217 Å². The van der Waals surface area contributed by atoms with Crippen molar-refractivity contribution >= 4 is 33.0 Å². The van der Waals surface area contributed by atoms with Crippen molar-refractivity contribution in [3.05, 3.63) is 89.0 Å². The number of rotatable bonds is 7. The van der Waals surface area contributed by atoms with Gasteiger partial charge in [0, 0.05) is 46.5 Å². The Morgan fingerprint density at radius 2 is 1.76 bits per heavy atom. The van der Waals surface area contributed by atoms with Gasteiger partial charge in [-0.15, -0.1) is 0 Å². The number of benzene rings is 3. The SMILES string of the molecule is CC(=O)c1cccc(NS(=O)(=O)c2ccc3c(c2)C2OCCC2C(c2ccc(C(=O)C(C)C)cc2)N3)c1. The van der Waals surface area contributed by atoms with Gasteiger partial charge in [0.1, 0.15) is 0 Å². The molecule has 192 valence electrons. The van der Waals surface area contributed by atoms with Crippen molar-refractivity contribution in [2.45, 2.75) is 44.2 Å². The molecule has 3 unspecified atom stereocenters. The maximum Gasteiger partial charge on any atom is 0.261 e. The Bertz CT molecular complexity index is 1460. The Hall–Kier alpha value is -3.49. The molecule has 0 bridgehead atoms. The fourth-order valence-corrected chi connectivity index (χ4v) is 6.24. The van der Waals surface area contributed by atoms with Gasteiger partial charge >= 0.3 is 0 Å². The monoisotopic (exact) mass is 518 g/mol. The summed E-state index contributed by atoms with van der Waals surface area (Å²) in [6, 6.07) is 19.2. The van der Waals surface area contributed by atoms with Gasteiger partial charge in [-0.3, -0.25) is 14.3 Å². The van der Waals surface area contributed by atoms with Crippen molar-refractivity contribution in [2.24, 2.45) is 11.8 Å². The zero-order valence-electron chi connectivity index (χ0n) is 21.0. The molecule has 7 nitrogen and oxygen atoms in total. The van der Waals surface area contributed by atoms with Crippen LogP contribution >= 0.6 is 0 Å². The molecule has 0 radical (unpaired) electrons. The van der Waals surface area contributed by atoms with Crippen molar-refractivity contribution in [3.63, 3.8) is 0 Å². The highest BCUT2D eigenvalue weighted by Crippen LogP contribution is 2.50. The first-order valence-electron chi connectivity index (χ1n) is 12.4. The topological polar surface area (TPSA) is 102 Å². The summed E-state index contributed by atoms with van der Waals surface area (Å²) in [6.07, 6.45) is 0.594. The van der Waals surface area contributed by atoms with Crippen LogP contribution in [0.3, 0.4) is 0 Å². The maximum absolute atomic E-state index is 13.2. The highest BCUT2D eigenvalue weighted by atomic mass is 32.2. The number of Topliss-reactive ketones (excluding diaryl/α,β-unsaturated/α-hetero) is 2. The molecular formula is C29H30N2O5S. The van der Waals surface area contributed by atoms with Crippen LogP contribution in [0.2, 0.25) is 0 Å². The number of hydrogen-bond acceptors (Lipinski definition) is 6. The minimum atomic E-state index is -3.88. The third-order valence-corrected chi connectivity index (χ3v) is 8.50. The molecule has 2 N–H and O–H groups in total. The molecule has 0 spiro atoms. The molecule has 8 heteroatoms. The van der Waals surface area contributed by atoms with Crippen molar-refractivity contribution in [1.82, 2.24) is 0 Å². The van der Waals surface area contributed by atoms with Gasteiger partial charge in [0.15, 0.2) is 11.6 Å². The van der Waals surface area contributed by atoms with Gasteiger partial charge in [0.05, 0.1) is 17.0 Å². The Morgan fingerprint density at radius 3 is 2.46 bits per heavy atom. The molecule has 2 aliphatic heterocycles. The molecule has 5 rings (SSSR count). The van der Waals surface area contributed by atoms with Crippen LogP contribution in [0, 0.1) is 11.8 Å². The van der Waals surface area contributed by atoms with Gasteiger partial charge in [0.2, 0.25) is 0 Å². The maximum atomic E-state index is 13.2. The third-order valence-electron chi connectivity index (χ3n) is 7.12. The molecular weight excluding hydrogens is 488 g/mol. The van der Waals surface area contributed by atoms with Crippen molar-refractivity contribution in [3.8, 4) is 0 Å². The second kappa shape index (κ2) is 9.76.